The number of nitrogens with zero attached hydrogens (tertiary/aromatic N) is 2. The second kappa shape index (κ2) is 5.60. The molecule has 1 atom stereocenters. The Bertz CT molecular complexity index is 700. The number of benzene rings is 1. The average molecular weight is 327 g/mol. The third kappa shape index (κ3) is 2.99. The topological polar surface area (TPSA) is 107 Å². The van der Waals surface area contributed by atoms with Gasteiger partial charge in [0.05, 0.1) is 9.82 Å². The Kier molecular flexibility index (Phi) is 4.29. The molecule has 1 aromatic rings. The van der Waals surface area contributed by atoms with Crippen LogP contribution in [0.3, 0.4) is 0 Å². The zero-order valence-corrected chi connectivity index (χ0v) is 13.8. The van der Waals surface area contributed by atoms with E-state index in [-0.39, 0.29) is 22.0 Å². The van der Waals surface area contributed by atoms with Crippen LogP contribution >= 0.6 is 0 Å². The monoisotopic (exact) mass is 327 g/mol. The molecule has 1 heterocycles. The van der Waals surface area contributed by atoms with Gasteiger partial charge in [-0.2, -0.15) is 4.31 Å². The molecule has 0 bridgehead atoms. The van der Waals surface area contributed by atoms with Gasteiger partial charge >= 0.3 is 0 Å². The van der Waals surface area contributed by atoms with Gasteiger partial charge in [0.15, 0.2) is 0 Å². The molecule has 0 aromatic heterocycles. The van der Waals surface area contributed by atoms with Gasteiger partial charge in [-0.1, -0.05) is 13.8 Å². The minimum Gasteiger partial charge on any atom is -0.327 e. The van der Waals surface area contributed by atoms with Gasteiger partial charge in [0.25, 0.3) is 5.69 Å². The zero-order chi connectivity index (χ0) is 16.7. The Morgan fingerprint density at radius 3 is 2.55 bits per heavy atom. The van der Waals surface area contributed by atoms with Crippen LogP contribution in [0.15, 0.2) is 23.1 Å². The van der Waals surface area contributed by atoms with Crippen LogP contribution in [-0.2, 0) is 10.0 Å². The van der Waals surface area contributed by atoms with E-state index in [2.05, 4.69) is 0 Å². The van der Waals surface area contributed by atoms with Gasteiger partial charge in [-0.05, 0) is 30.9 Å². The third-order valence-corrected chi connectivity index (χ3v) is 6.12. The Labute approximate surface area is 130 Å². The van der Waals surface area contributed by atoms with Crippen molar-refractivity contribution < 1.29 is 13.3 Å². The molecule has 1 aliphatic rings. The fourth-order valence-corrected chi connectivity index (χ4v) is 4.38. The first-order chi connectivity index (χ1) is 10.1. The molecule has 7 nitrogen and oxygen atoms in total. The summed E-state index contributed by atoms with van der Waals surface area (Å²) in [7, 11) is -3.67. The van der Waals surface area contributed by atoms with Crippen LogP contribution in [-0.4, -0.2) is 36.8 Å². The average Bonchev–Trinajstić information content (AvgIpc) is 2.41. The van der Waals surface area contributed by atoms with E-state index in [9.17, 15) is 18.5 Å². The van der Waals surface area contributed by atoms with Crippen molar-refractivity contribution in [1.29, 1.82) is 0 Å². The maximum Gasteiger partial charge on any atom is 0.272 e. The molecule has 122 valence electrons. The maximum atomic E-state index is 12.7. The molecule has 1 aliphatic heterocycles. The van der Waals surface area contributed by atoms with E-state index in [1.165, 1.54) is 29.4 Å². The number of piperidine rings is 1. The number of sulfonamides is 1. The largest absolute Gasteiger partial charge is 0.327 e. The molecule has 0 aliphatic carbocycles. The maximum absolute atomic E-state index is 12.7. The summed E-state index contributed by atoms with van der Waals surface area (Å²) in [5.41, 5.74) is 5.98. The predicted molar refractivity (Wildman–Crippen MR) is 83.0 cm³/mol. The van der Waals surface area contributed by atoms with E-state index in [4.69, 9.17) is 5.73 Å². The second-order valence-electron chi connectivity index (χ2n) is 6.43. The number of nitrogens with two attached hydrogens (primary N) is 1. The highest BCUT2D eigenvalue weighted by Crippen LogP contribution is 2.32. The number of rotatable bonds is 3. The van der Waals surface area contributed by atoms with Crippen molar-refractivity contribution in [2.24, 2.45) is 11.1 Å². The number of nitro benzene ring substituents is 1. The van der Waals surface area contributed by atoms with E-state index < -0.39 is 14.9 Å². The van der Waals surface area contributed by atoms with Crippen LogP contribution in [0.4, 0.5) is 5.69 Å². The van der Waals surface area contributed by atoms with Crippen molar-refractivity contribution in [3.63, 3.8) is 0 Å². The van der Waals surface area contributed by atoms with Crippen LogP contribution < -0.4 is 5.73 Å². The highest BCUT2D eigenvalue weighted by atomic mass is 32.2. The molecule has 1 aromatic carbocycles. The Balaban J connectivity index is 2.35. The summed E-state index contributed by atoms with van der Waals surface area (Å²) in [5.74, 6) is 0. The first kappa shape index (κ1) is 16.9. The Morgan fingerprint density at radius 1 is 1.41 bits per heavy atom. The molecule has 1 unspecified atom stereocenters. The molecule has 22 heavy (non-hydrogen) atoms. The Morgan fingerprint density at radius 2 is 2.05 bits per heavy atom. The highest BCUT2D eigenvalue weighted by Gasteiger charge is 2.39. The van der Waals surface area contributed by atoms with Gasteiger partial charge < -0.3 is 5.73 Å². The van der Waals surface area contributed by atoms with Gasteiger partial charge in [0.2, 0.25) is 10.0 Å². The van der Waals surface area contributed by atoms with Crippen molar-refractivity contribution >= 4 is 15.7 Å². The van der Waals surface area contributed by atoms with Gasteiger partial charge in [-0.25, -0.2) is 8.42 Å². The van der Waals surface area contributed by atoms with E-state index >= 15 is 0 Å². The smallest absolute Gasteiger partial charge is 0.272 e. The lowest BCUT2D eigenvalue weighted by Gasteiger charge is -2.41. The Hall–Kier alpha value is -1.51. The molecule has 0 radical (unpaired) electrons. The summed E-state index contributed by atoms with van der Waals surface area (Å²) in [5, 5.41) is 10.8. The fourth-order valence-electron chi connectivity index (χ4n) is 2.67. The number of aryl methyl sites for hydroxylation is 1. The van der Waals surface area contributed by atoms with Crippen molar-refractivity contribution in [2.45, 2.75) is 38.1 Å². The summed E-state index contributed by atoms with van der Waals surface area (Å²) in [4.78, 5) is 10.4. The van der Waals surface area contributed by atoms with Gasteiger partial charge in [0.1, 0.15) is 0 Å². The number of hydrogen-bond donors (Lipinski definition) is 1. The first-order valence-corrected chi connectivity index (χ1v) is 8.50. The van der Waals surface area contributed by atoms with E-state index in [1.54, 1.807) is 0 Å². The molecule has 2 rings (SSSR count). The summed E-state index contributed by atoms with van der Waals surface area (Å²) in [6.45, 7) is 6.13. The second-order valence-corrected chi connectivity index (χ2v) is 8.37. The highest BCUT2D eigenvalue weighted by molar-refractivity contribution is 7.89. The fraction of sp³-hybridized carbons (Fsp3) is 0.571. The summed E-state index contributed by atoms with van der Waals surface area (Å²) >= 11 is 0. The van der Waals surface area contributed by atoms with Gasteiger partial charge in [-0.15, -0.1) is 0 Å². The molecule has 1 fully saturated rings. The SMILES string of the molecule is Cc1cc(S(=O)(=O)N2CCC(N)C(C)(C)C2)ccc1[N+](=O)[O-]. The quantitative estimate of drug-likeness (QED) is 0.671. The van der Waals surface area contributed by atoms with Crippen LogP contribution in [0, 0.1) is 22.5 Å². The zero-order valence-electron chi connectivity index (χ0n) is 12.9. The molecule has 1 saturated heterocycles. The molecular formula is C14H21N3O4S. The van der Waals surface area contributed by atoms with Gasteiger partial charge in [0, 0.05) is 30.8 Å². The molecule has 8 heteroatoms. The first-order valence-electron chi connectivity index (χ1n) is 7.06. The lowest BCUT2D eigenvalue weighted by molar-refractivity contribution is -0.385. The number of nitro groups is 1. The van der Waals surface area contributed by atoms with E-state index in [0.717, 1.165) is 0 Å². The normalized spacial score (nSPS) is 22.5. The molecule has 0 saturated carbocycles. The summed E-state index contributed by atoms with van der Waals surface area (Å²) in [6.07, 6.45) is 0.595. The van der Waals surface area contributed by atoms with Crippen molar-refractivity contribution in [1.82, 2.24) is 4.31 Å². The standard InChI is InChI=1S/C14H21N3O4S/c1-10-8-11(4-5-12(10)17(18)19)22(20,21)16-7-6-13(15)14(2,3)9-16/h4-5,8,13H,6-7,9,15H2,1-3H3. The summed E-state index contributed by atoms with van der Waals surface area (Å²) in [6, 6.07) is 3.84. The van der Waals surface area contributed by atoms with Crippen LogP contribution in [0.2, 0.25) is 0 Å². The van der Waals surface area contributed by atoms with Crippen LogP contribution in [0.25, 0.3) is 0 Å². The molecule has 2 N–H and O–H groups in total. The molecule has 0 amide bonds. The molecule has 0 spiro atoms. The minimum absolute atomic E-state index is 0.0439. The minimum atomic E-state index is -3.67. The third-order valence-electron chi connectivity index (χ3n) is 4.28. The number of hydrogen-bond acceptors (Lipinski definition) is 5. The van der Waals surface area contributed by atoms with Crippen molar-refractivity contribution in [2.75, 3.05) is 13.1 Å². The lowest BCUT2D eigenvalue weighted by atomic mass is 9.81. The van der Waals surface area contributed by atoms with E-state index in [1.807, 2.05) is 13.8 Å². The predicted octanol–water partition coefficient (Wildman–Crippen LogP) is 1.65. The van der Waals surface area contributed by atoms with Gasteiger partial charge in [-0.3, -0.25) is 10.1 Å². The lowest BCUT2D eigenvalue weighted by Crippen LogP contribution is -2.53. The van der Waals surface area contributed by atoms with E-state index in [0.29, 0.717) is 25.1 Å². The van der Waals surface area contributed by atoms with Crippen molar-refractivity contribution in [3.05, 3.63) is 33.9 Å². The molecular weight excluding hydrogens is 306 g/mol. The van der Waals surface area contributed by atoms with Crippen molar-refractivity contribution in [3.8, 4) is 0 Å². The summed E-state index contributed by atoms with van der Waals surface area (Å²) < 4.78 is 26.9. The van der Waals surface area contributed by atoms with Crippen LogP contribution in [0.5, 0.6) is 0 Å². The van der Waals surface area contributed by atoms with Crippen LogP contribution in [0.1, 0.15) is 25.8 Å².